The zero-order valence-electron chi connectivity index (χ0n) is 10.1. The van der Waals surface area contributed by atoms with Gasteiger partial charge in [0.2, 0.25) is 5.82 Å². The molecular weight excluding hydrogens is 216 g/mol. The summed E-state index contributed by atoms with van der Waals surface area (Å²) in [5.41, 5.74) is 3.81. The summed E-state index contributed by atoms with van der Waals surface area (Å²) in [7, 11) is 1.34. The minimum atomic E-state index is -0.452. The molecule has 2 aromatic rings. The van der Waals surface area contributed by atoms with Crippen LogP contribution in [0.25, 0.3) is 11.3 Å². The summed E-state index contributed by atoms with van der Waals surface area (Å²) in [6, 6.07) is 8.00. The molecule has 1 heterocycles. The van der Waals surface area contributed by atoms with Crippen LogP contribution in [0.3, 0.4) is 0 Å². The summed E-state index contributed by atoms with van der Waals surface area (Å²) in [5.74, 6) is -0.216. The van der Waals surface area contributed by atoms with Crippen molar-refractivity contribution in [3.63, 3.8) is 0 Å². The summed E-state index contributed by atoms with van der Waals surface area (Å²) >= 11 is 0. The molecule has 0 aliphatic heterocycles. The van der Waals surface area contributed by atoms with Crippen LogP contribution in [0.2, 0.25) is 0 Å². The number of methoxy groups -OCH3 is 1. The van der Waals surface area contributed by atoms with Crippen molar-refractivity contribution in [2.24, 2.45) is 0 Å². The Morgan fingerprint density at radius 1 is 1.24 bits per heavy atom. The minimum absolute atomic E-state index is 0.237. The lowest BCUT2D eigenvalue weighted by Crippen LogP contribution is -2.03. The molecule has 0 saturated carbocycles. The maximum atomic E-state index is 11.3. The van der Waals surface area contributed by atoms with Crippen molar-refractivity contribution in [2.75, 3.05) is 7.11 Å². The SMILES string of the molecule is COC(=O)c1nc(-c2ccc(C)cc2)c(C)[nH]1. The Labute approximate surface area is 99.7 Å². The second-order valence-corrected chi connectivity index (χ2v) is 3.92. The van der Waals surface area contributed by atoms with Crippen LogP contribution in [0, 0.1) is 13.8 Å². The summed E-state index contributed by atoms with van der Waals surface area (Å²) < 4.78 is 4.63. The second-order valence-electron chi connectivity index (χ2n) is 3.92. The van der Waals surface area contributed by atoms with Crippen LogP contribution in [0.15, 0.2) is 24.3 Å². The van der Waals surface area contributed by atoms with Crippen LogP contribution in [0.1, 0.15) is 21.9 Å². The van der Waals surface area contributed by atoms with Crippen LogP contribution >= 0.6 is 0 Å². The third-order valence-electron chi connectivity index (χ3n) is 2.59. The van der Waals surface area contributed by atoms with Crippen LogP contribution in [-0.4, -0.2) is 23.0 Å². The normalized spacial score (nSPS) is 10.3. The number of benzene rings is 1. The molecule has 88 valence electrons. The third kappa shape index (κ3) is 2.20. The summed E-state index contributed by atoms with van der Waals surface area (Å²) in [4.78, 5) is 18.5. The molecule has 1 aromatic heterocycles. The van der Waals surface area contributed by atoms with E-state index < -0.39 is 5.97 Å². The van der Waals surface area contributed by atoms with Gasteiger partial charge in [0.05, 0.1) is 12.8 Å². The molecular formula is C13H14N2O2. The molecule has 2 rings (SSSR count). The molecule has 0 spiro atoms. The molecule has 0 bridgehead atoms. The smallest absolute Gasteiger partial charge is 0.374 e. The summed E-state index contributed by atoms with van der Waals surface area (Å²) in [6.07, 6.45) is 0. The number of aromatic nitrogens is 2. The number of carbonyl (C=O) groups excluding carboxylic acids is 1. The van der Waals surface area contributed by atoms with Crippen LogP contribution in [-0.2, 0) is 4.74 Å². The first-order chi connectivity index (χ1) is 8.11. The van der Waals surface area contributed by atoms with E-state index in [9.17, 15) is 4.79 Å². The molecule has 0 saturated heterocycles. The number of hydrogen-bond donors (Lipinski definition) is 1. The fourth-order valence-corrected chi connectivity index (χ4v) is 1.65. The number of aromatic amines is 1. The van der Waals surface area contributed by atoms with Gasteiger partial charge in [0.25, 0.3) is 0 Å². The Kier molecular flexibility index (Phi) is 2.95. The lowest BCUT2D eigenvalue weighted by Gasteiger charge is -1.98. The average Bonchev–Trinajstić information content (AvgIpc) is 2.71. The van der Waals surface area contributed by atoms with Gasteiger partial charge in [-0.1, -0.05) is 29.8 Å². The Hall–Kier alpha value is -2.10. The van der Waals surface area contributed by atoms with Crippen molar-refractivity contribution in [3.05, 3.63) is 41.3 Å². The van der Waals surface area contributed by atoms with Crippen LogP contribution < -0.4 is 0 Å². The van der Waals surface area contributed by atoms with Gasteiger partial charge in [-0.3, -0.25) is 0 Å². The van der Waals surface area contributed by atoms with Gasteiger partial charge in [0.1, 0.15) is 0 Å². The Balaban J connectivity index is 2.42. The topological polar surface area (TPSA) is 55.0 Å². The predicted octanol–water partition coefficient (Wildman–Crippen LogP) is 2.48. The molecule has 0 atom stereocenters. The lowest BCUT2D eigenvalue weighted by atomic mass is 10.1. The number of nitrogens with zero attached hydrogens (tertiary/aromatic N) is 1. The van der Waals surface area contributed by atoms with Gasteiger partial charge in [0.15, 0.2) is 0 Å². The number of carbonyl (C=O) groups is 1. The quantitative estimate of drug-likeness (QED) is 0.806. The van der Waals surface area contributed by atoms with E-state index in [1.165, 1.54) is 12.7 Å². The van der Waals surface area contributed by atoms with Crippen molar-refractivity contribution >= 4 is 5.97 Å². The molecule has 0 radical (unpaired) electrons. The van der Waals surface area contributed by atoms with Gasteiger partial charge in [-0.25, -0.2) is 9.78 Å². The van der Waals surface area contributed by atoms with E-state index >= 15 is 0 Å². The molecule has 4 heteroatoms. The number of aryl methyl sites for hydroxylation is 2. The first kappa shape index (κ1) is 11.4. The predicted molar refractivity (Wildman–Crippen MR) is 64.8 cm³/mol. The molecule has 17 heavy (non-hydrogen) atoms. The van der Waals surface area contributed by atoms with Gasteiger partial charge in [-0.2, -0.15) is 0 Å². The van der Waals surface area contributed by atoms with E-state index in [0.29, 0.717) is 0 Å². The molecule has 0 unspecified atom stereocenters. The van der Waals surface area contributed by atoms with E-state index in [4.69, 9.17) is 0 Å². The highest BCUT2D eigenvalue weighted by Gasteiger charge is 2.14. The number of nitrogens with one attached hydrogen (secondary N) is 1. The van der Waals surface area contributed by atoms with Gasteiger partial charge < -0.3 is 9.72 Å². The van der Waals surface area contributed by atoms with Crippen molar-refractivity contribution in [1.82, 2.24) is 9.97 Å². The van der Waals surface area contributed by atoms with Crippen LogP contribution in [0.4, 0.5) is 0 Å². The number of H-pyrrole nitrogens is 1. The van der Waals surface area contributed by atoms with Crippen molar-refractivity contribution < 1.29 is 9.53 Å². The summed E-state index contributed by atoms with van der Waals surface area (Å²) in [5, 5.41) is 0. The number of hydrogen-bond acceptors (Lipinski definition) is 3. The Bertz CT molecular complexity index is 541. The minimum Gasteiger partial charge on any atom is -0.463 e. The van der Waals surface area contributed by atoms with E-state index in [1.807, 2.05) is 38.1 Å². The van der Waals surface area contributed by atoms with E-state index in [2.05, 4.69) is 14.7 Å². The zero-order chi connectivity index (χ0) is 12.4. The van der Waals surface area contributed by atoms with E-state index in [1.54, 1.807) is 0 Å². The monoisotopic (exact) mass is 230 g/mol. The maximum absolute atomic E-state index is 11.3. The maximum Gasteiger partial charge on any atom is 0.374 e. The second kappa shape index (κ2) is 4.41. The molecule has 0 aliphatic carbocycles. The fourth-order valence-electron chi connectivity index (χ4n) is 1.65. The summed E-state index contributed by atoms with van der Waals surface area (Å²) in [6.45, 7) is 3.91. The zero-order valence-corrected chi connectivity index (χ0v) is 10.1. The van der Waals surface area contributed by atoms with Crippen LogP contribution in [0.5, 0.6) is 0 Å². The average molecular weight is 230 g/mol. The number of ether oxygens (including phenoxy) is 1. The Morgan fingerprint density at radius 3 is 2.47 bits per heavy atom. The molecule has 0 amide bonds. The fraction of sp³-hybridized carbons (Fsp3) is 0.231. The highest BCUT2D eigenvalue weighted by molar-refractivity contribution is 5.86. The van der Waals surface area contributed by atoms with E-state index in [0.717, 1.165) is 17.0 Å². The molecule has 4 nitrogen and oxygen atoms in total. The molecule has 1 N–H and O–H groups in total. The highest BCUT2D eigenvalue weighted by Crippen LogP contribution is 2.21. The van der Waals surface area contributed by atoms with Gasteiger partial charge in [-0.05, 0) is 13.8 Å². The molecule has 0 fully saturated rings. The Morgan fingerprint density at radius 2 is 1.88 bits per heavy atom. The standard InChI is InChI=1S/C13H14N2O2/c1-8-4-6-10(7-5-8)11-9(2)14-12(15-11)13(16)17-3/h4-7H,1-3H3,(H,14,15). The van der Waals surface area contributed by atoms with E-state index in [-0.39, 0.29) is 5.82 Å². The van der Waals surface area contributed by atoms with Crippen molar-refractivity contribution in [1.29, 1.82) is 0 Å². The molecule has 0 aliphatic rings. The lowest BCUT2D eigenvalue weighted by molar-refractivity contribution is 0.0588. The highest BCUT2D eigenvalue weighted by atomic mass is 16.5. The third-order valence-corrected chi connectivity index (χ3v) is 2.59. The number of imidazole rings is 1. The first-order valence-corrected chi connectivity index (χ1v) is 5.34. The van der Waals surface area contributed by atoms with Crippen molar-refractivity contribution in [3.8, 4) is 11.3 Å². The van der Waals surface area contributed by atoms with Crippen molar-refractivity contribution in [2.45, 2.75) is 13.8 Å². The van der Waals surface area contributed by atoms with Gasteiger partial charge in [-0.15, -0.1) is 0 Å². The first-order valence-electron chi connectivity index (χ1n) is 5.34. The van der Waals surface area contributed by atoms with Gasteiger partial charge in [0, 0.05) is 11.3 Å². The molecule has 1 aromatic carbocycles. The number of esters is 1. The largest absolute Gasteiger partial charge is 0.463 e. The number of rotatable bonds is 2. The van der Waals surface area contributed by atoms with Gasteiger partial charge >= 0.3 is 5.97 Å².